The minimum Gasteiger partial charge on any atom is -0.491 e. The van der Waals surface area contributed by atoms with Crippen LogP contribution in [-0.2, 0) is 35.0 Å². The van der Waals surface area contributed by atoms with Crippen LogP contribution < -0.4 is 4.74 Å². The van der Waals surface area contributed by atoms with Gasteiger partial charge in [0.15, 0.2) is 5.82 Å². The molecule has 10 nitrogen and oxygen atoms in total. The second kappa shape index (κ2) is 16.4. The molecule has 0 spiro atoms. The van der Waals surface area contributed by atoms with Crippen LogP contribution in [0.25, 0.3) is 11.4 Å². The first-order valence-electron chi connectivity index (χ1n) is 11.5. The predicted octanol–water partition coefficient (Wildman–Crippen LogP) is 1.50. The topological polar surface area (TPSA) is 111 Å². The van der Waals surface area contributed by atoms with E-state index in [0.29, 0.717) is 96.6 Å². The SMILES string of the molecule is OCc1ccnc(-c2ccc(OCC3COCCOCCOCCOCCOCCO3)cc2)n1. The Balaban J connectivity index is 1.46. The highest BCUT2D eigenvalue weighted by Crippen LogP contribution is 2.19. The summed E-state index contributed by atoms with van der Waals surface area (Å²) in [7, 11) is 0. The highest BCUT2D eigenvalue weighted by Gasteiger charge is 2.12. The lowest BCUT2D eigenvalue weighted by molar-refractivity contribution is -0.0711. The molecule has 1 N–H and O–H groups in total. The number of benzene rings is 1. The Kier molecular flexibility index (Phi) is 12.8. The Bertz CT molecular complexity index is 775. The average Bonchev–Trinajstić information content (AvgIpc) is 2.88. The van der Waals surface area contributed by atoms with Crippen molar-refractivity contribution in [1.29, 1.82) is 0 Å². The lowest BCUT2D eigenvalue weighted by Gasteiger charge is -2.19. The largest absolute Gasteiger partial charge is 0.491 e. The van der Waals surface area contributed by atoms with Gasteiger partial charge in [-0.15, -0.1) is 0 Å². The lowest BCUT2D eigenvalue weighted by atomic mass is 10.2. The van der Waals surface area contributed by atoms with Crippen LogP contribution in [0.1, 0.15) is 5.69 Å². The predicted molar refractivity (Wildman–Crippen MR) is 123 cm³/mol. The number of ether oxygens (including phenoxy) is 7. The molecule has 1 fully saturated rings. The van der Waals surface area contributed by atoms with E-state index in [2.05, 4.69) is 9.97 Å². The van der Waals surface area contributed by atoms with E-state index < -0.39 is 0 Å². The molecular formula is C24H34N2O8. The molecule has 188 valence electrons. The van der Waals surface area contributed by atoms with Crippen molar-refractivity contribution in [2.24, 2.45) is 0 Å². The summed E-state index contributed by atoms with van der Waals surface area (Å²) in [4.78, 5) is 8.57. The monoisotopic (exact) mass is 478 g/mol. The zero-order valence-corrected chi connectivity index (χ0v) is 19.4. The van der Waals surface area contributed by atoms with Crippen LogP contribution in [0.5, 0.6) is 5.75 Å². The van der Waals surface area contributed by atoms with Gasteiger partial charge in [-0.3, -0.25) is 0 Å². The van der Waals surface area contributed by atoms with Gasteiger partial charge >= 0.3 is 0 Å². The summed E-state index contributed by atoms with van der Waals surface area (Å²) in [5, 5.41) is 9.26. The van der Waals surface area contributed by atoms with Crippen molar-refractivity contribution in [3.8, 4) is 17.1 Å². The molecule has 3 rings (SSSR count). The summed E-state index contributed by atoms with van der Waals surface area (Å²) in [6.45, 7) is 5.54. The molecule has 1 saturated heterocycles. The van der Waals surface area contributed by atoms with Crippen molar-refractivity contribution in [2.45, 2.75) is 12.7 Å². The molecule has 0 radical (unpaired) electrons. The molecule has 1 aliphatic heterocycles. The van der Waals surface area contributed by atoms with Crippen molar-refractivity contribution in [2.75, 3.05) is 79.3 Å². The number of aliphatic hydroxyl groups excluding tert-OH is 1. The zero-order valence-electron chi connectivity index (χ0n) is 19.4. The molecule has 0 bridgehead atoms. The molecule has 1 aliphatic rings. The van der Waals surface area contributed by atoms with Gasteiger partial charge in [-0.1, -0.05) is 0 Å². The van der Waals surface area contributed by atoms with Crippen molar-refractivity contribution < 1.29 is 38.3 Å². The van der Waals surface area contributed by atoms with Gasteiger partial charge < -0.3 is 38.3 Å². The van der Waals surface area contributed by atoms with Gasteiger partial charge in [0.05, 0.1) is 85.0 Å². The van der Waals surface area contributed by atoms with E-state index in [1.165, 1.54) is 0 Å². The van der Waals surface area contributed by atoms with Crippen LogP contribution >= 0.6 is 0 Å². The van der Waals surface area contributed by atoms with E-state index in [-0.39, 0.29) is 12.7 Å². The average molecular weight is 479 g/mol. The number of nitrogens with zero attached hydrogens (tertiary/aromatic N) is 2. The molecule has 1 aromatic heterocycles. The molecule has 34 heavy (non-hydrogen) atoms. The highest BCUT2D eigenvalue weighted by atomic mass is 16.6. The normalized spacial score (nSPS) is 20.2. The third-order valence-corrected chi connectivity index (χ3v) is 4.80. The summed E-state index contributed by atoms with van der Waals surface area (Å²) in [5.41, 5.74) is 1.41. The maximum absolute atomic E-state index is 9.26. The van der Waals surface area contributed by atoms with Gasteiger partial charge in [0.1, 0.15) is 18.5 Å². The maximum atomic E-state index is 9.26. The number of aromatic nitrogens is 2. The third-order valence-electron chi connectivity index (χ3n) is 4.80. The Hall–Kier alpha value is -2.18. The molecule has 1 atom stereocenters. The number of hydrogen-bond acceptors (Lipinski definition) is 10. The Labute approximate surface area is 200 Å². The Morgan fingerprint density at radius 3 is 1.97 bits per heavy atom. The number of hydrogen-bond donors (Lipinski definition) is 1. The van der Waals surface area contributed by atoms with E-state index in [9.17, 15) is 5.11 Å². The van der Waals surface area contributed by atoms with Gasteiger partial charge in [0, 0.05) is 11.8 Å². The quantitative estimate of drug-likeness (QED) is 0.679. The smallest absolute Gasteiger partial charge is 0.159 e. The summed E-state index contributed by atoms with van der Waals surface area (Å²) >= 11 is 0. The second-order valence-corrected chi connectivity index (χ2v) is 7.38. The minimum absolute atomic E-state index is 0.125. The van der Waals surface area contributed by atoms with E-state index in [1.54, 1.807) is 12.3 Å². The van der Waals surface area contributed by atoms with Crippen LogP contribution in [0.15, 0.2) is 36.5 Å². The highest BCUT2D eigenvalue weighted by molar-refractivity contribution is 5.56. The van der Waals surface area contributed by atoms with Crippen LogP contribution in [0.3, 0.4) is 0 Å². The molecule has 0 saturated carbocycles. The van der Waals surface area contributed by atoms with Gasteiger partial charge in [-0.25, -0.2) is 9.97 Å². The molecule has 2 heterocycles. The summed E-state index contributed by atoms with van der Waals surface area (Å²) < 4.78 is 39.5. The number of rotatable bonds is 5. The van der Waals surface area contributed by atoms with Crippen molar-refractivity contribution >= 4 is 0 Å². The van der Waals surface area contributed by atoms with Gasteiger partial charge in [-0.2, -0.15) is 0 Å². The van der Waals surface area contributed by atoms with Crippen molar-refractivity contribution in [1.82, 2.24) is 9.97 Å². The van der Waals surface area contributed by atoms with Crippen LogP contribution in [0.2, 0.25) is 0 Å². The standard InChI is InChI=1S/C24H34N2O8/c27-17-21-5-6-25-24(26-21)20-1-3-22(4-2-20)34-19-23-18-32-14-13-30-10-9-28-7-8-29-11-12-31-15-16-33-23/h1-6,23,27H,7-19H2. The van der Waals surface area contributed by atoms with E-state index in [0.717, 1.165) is 5.56 Å². The molecule has 0 aliphatic carbocycles. The lowest BCUT2D eigenvalue weighted by Crippen LogP contribution is -2.29. The molecule has 1 aromatic carbocycles. The first-order valence-corrected chi connectivity index (χ1v) is 11.5. The molecular weight excluding hydrogens is 444 g/mol. The third kappa shape index (κ3) is 10.4. The first-order chi connectivity index (χ1) is 16.8. The summed E-state index contributed by atoms with van der Waals surface area (Å²) in [5.74, 6) is 1.25. The van der Waals surface area contributed by atoms with Crippen LogP contribution in [-0.4, -0.2) is 100 Å². The number of aliphatic hydroxyl groups is 1. The van der Waals surface area contributed by atoms with Crippen LogP contribution in [0.4, 0.5) is 0 Å². The fourth-order valence-electron chi connectivity index (χ4n) is 3.03. The maximum Gasteiger partial charge on any atom is 0.159 e. The van der Waals surface area contributed by atoms with E-state index in [4.69, 9.17) is 33.2 Å². The second-order valence-electron chi connectivity index (χ2n) is 7.38. The summed E-state index contributed by atoms with van der Waals surface area (Å²) in [6, 6.07) is 9.14. The molecule has 1 unspecified atom stereocenters. The van der Waals surface area contributed by atoms with Gasteiger partial charge in [-0.05, 0) is 30.3 Å². The van der Waals surface area contributed by atoms with E-state index in [1.807, 2.05) is 24.3 Å². The van der Waals surface area contributed by atoms with Crippen molar-refractivity contribution in [3.05, 3.63) is 42.2 Å². The Morgan fingerprint density at radius 1 is 0.765 bits per heavy atom. The van der Waals surface area contributed by atoms with Crippen molar-refractivity contribution in [3.63, 3.8) is 0 Å². The molecule has 0 amide bonds. The molecule has 2 aromatic rings. The van der Waals surface area contributed by atoms with E-state index >= 15 is 0 Å². The fraction of sp³-hybridized carbons (Fsp3) is 0.583. The zero-order chi connectivity index (χ0) is 23.7. The van der Waals surface area contributed by atoms with Crippen LogP contribution in [0, 0.1) is 0 Å². The Morgan fingerprint density at radius 2 is 1.35 bits per heavy atom. The summed E-state index contributed by atoms with van der Waals surface area (Å²) in [6.07, 6.45) is 1.37. The fourth-order valence-corrected chi connectivity index (χ4v) is 3.03. The van der Waals surface area contributed by atoms with Gasteiger partial charge in [0.25, 0.3) is 0 Å². The minimum atomic E-state index is -0.258. The van der Waals surface area contributed by atoms with Gasteiger partial charge in [0.2, 0.25) is 0 Å². The molecule has 10 heteroatoms. The first kappa shape index (κ1) is 26.4.